The van der Waals surface area contributed by atoms with Crippen LogP contribution in [-0.4, -0.2) is 53.4 Å². The first-order valence-electron chi connectivity index (χ1n) is 7.35. The van der Waals surface area contributed by atoms with E-state index in [9.17, 15) is 8.42 Å². The molecule has 7 heteroatoms. The Kier molecular flexibility index (Phi) is 5.66. The molecule has 0 aromatic heterocycles. The first-order valence-corrected chi connectivity index (χ1v) is 9.24. The van der Waals surface area contributed by atoms with Crippen LogP contribution in [0.1, 0.15) is 24.4 Å². The lowest BCUT2D eigenvalue weighted by Gasteiger charge is -2.28. The Bertz CT molecular complexity index is 598. The van der Waals surface area contributed by atoms with E-state index in [0.717, 1.165) is 31.5 Å². The van der Waals surface area contributed by atoms with Gasteiger partial charge in [-0.15, -0.1) is 0 Å². The number of nitrogens with zero attached hydrogens (tertiary/aromatic N) is 1. The summed E-state index contributed by atoms with van der Waals surface area (Å²) in [5.74, 6) is 1.33. The van der Waals surface area contributed by atoms with Gasteiger partial charge in [-0.1, -0.05) is 6.07 Å². The minimum atomic E-state index is -3.22. The summed E-state index contributed by atoms with van der Waals surface area (Å²) in [6.07, 6.45) is 3.47. The molecule has 1 aromatic rings. The van der Waals surface area contributed by atoms with Gasteiger partial charge in [0.1, 0.15) is 0 Å². The maximum atomic E-state index is 11.4. The van der Waals surface area contributed by atoms with Crippen LogP contribution >= 0.6 is 0 Å². The molecule has 2 rings (SSSR count). The third-order valence-corrected chi connectivity index (χ3v) is 4.60. The zero-order valence-corrected chi connectivity index (χ0v) is 14.1. The lowest BCUT2D eigenvalue weighted by atomic mass is 10.0. The first-order chi connectivity index (χ1) is 10.4. The Morgan fingerprint density at radius 2 is 1.82 bits per heavy atom. The number of hydrogen-bond acceptors (Lipinski definition) is 5. The molecule has 1 heterocycles. The predicted molar refractivity (Wildman–Crippen MR) is 85.9 cm³/mol. The summed E-state index contributed by atoms with van der Waals surface area (Å²) in [5, 5.41) is 0. The van der Waals surface area contributed by atoms with Crippen molar-refractivity contribution in [1.29, 1.82) is 0 Å². The van der Waals surface area contributed by atoms with Crippen LogP contribution in [-0.2, 0) is 10.0 Å². The molecule has 1 atom stereocenters. The third-order valence-electron chi connectivity index (χ3n) is 3.91. The van der Waals surface area contributed by atoms with Crippen LogP contribution < -0.4 is 14.2 Å². The van der Waals surface area contributed by atoms with Crippen molar-refractivity contribution in [3.05, 3.63) is 23.8 Å². The van der Waals surface area contributed by atoms with Crippen molar-refractivity contribution in [3.8, 4) is 11.5 Å². The summed E-state index contributed by atoms with van der Waals surface area (Å²) in [6, 6.07) is 5.75. The summed E-state index contributed by atoms with van der Waals surface area (Å²) in [5.41, 5.74) is 1.02. The number of ether oxygens (including phenoxy) is 2. The molecule has 1 aromatic carbocycles. The van der Waals surface area contributed by atoms with E-state index in [1.54, 1.807) is 14.2 Å². The van der Waals surface area contributed by atoms with Gasteiger partial charge in [-0.05, 0) is 43.6 Å². The highest BCUT2D eigenvalue weighted by molar-refractivity contribution is 7.88. The van der Waals surface area contributed by atoms with E-state index in [-0.39, 0.29) is 6.04 Å². The maximum absolute atomic E-state index is 11.4. The van der Waals surface area contributed by atoms with Gasteiger partial charge in [-0.25, -0.2) is 13.1 Å². The van der Waals surface area contributed by atoms with E-state index in [0.29, 0.717) is 18.0 Å². The van der Waals surface area contributed by atoms with Gasteiger partial charge < -0.3 is 9.47 Å². The first kappa shape index (κ1) is 17.1. The Morgan fingerprint density at radius 3 is 2.36 bits per heavy atom. The van der Waals surface area contributed by atoms with Gasteiger partial charge in [0.05, 0.1) is 20.5 Å². The van der Waals surface area contributed by atoms with E-state index in [2.05, 4.69) is 9.62 Å². The average Bonchev–Trinajstić information content (AvgIpc) is 3.00. The molecule has 1 fully saturated rings. The number of hydrogen-bond donors (Lipinski definition) is 1. The van der Waals surface area contributed by atoms with Gasteiger partial charge in [0.25, 0.3) is 0 Å². The van der Waals surface area contributed by atoms with Crippen LogP contribution in [0.25, 0.3) is 0 Å². The summed E-state index contributed by atoms with van der Waals surface area (Å²) in [6.45, 7) is 2.31. The number of methoxy groups -OCH3 is 2. The fourth-order valence-corrected chi connectivity index (χ4v) is 3.26. The number of rotatable bonds is 7. The number of nitrogens with one attached hydrogen (secondary N) is 1. The second kappa shape index (κ2) is 7.30. The van der Waals surface area contributed by atoms with Crippen LogP contribution in [0.2, 0.25) is 0 Å². The molecule has 0 radical (unpaired) electrons. The van der Waals surface area contributed by atoms with Crippen LogP contribution in [0.15, 0.2) is 18.2 Å². The van der Waals surface area contributed by atoms with Crippen molar-refractivity contribution >= 4 is 10.0 Å². The van der Waals surface area contributed by atoms with Crippen molar-refractivity contribution in [2.75, 3.05) is 40.1 Å². The highest BCUT2D eigenvalue weighted by Gasteiger charge is 2.25. The van der Waals surface area contributed by atoms with Crippen LogP contribution in [0.4, 0.5) is 0 Å². The molecule has 1 aliphatic rings. The van der Waals surface area contributed by atoms with Gasteiger partial charge in [-0.2, -0.15) is 0 Å². The quantitative estimate of drug-likeness (QED) is 0.819. The fraction of sp³-hybridized carbons (Fsp3) is 0.600. The van der Waals surface area contributed by atoms with E-state index in [1.165, 1.54) is 6.26 Å². The third kappa shape index (κ3) is 4.34. The SMILES string of the molecule is COc1ccc(C(CNS(C)(=O)=O)N2CCCC2)cc1OC. The minimum absolute atomic E-state index is 0.00275. The molecule has 1 unspecified atom stereocenters. The van der Waals surface area contributed by atoms with Crippen LogP contribution in [0.3, 0.4) is 0 Å². The molecule has 0 amide bonds. The second-order valence-corrected chi connectivity index (χ2v) is 7.33. The zero-order valence-electron chi connectivity index (χ0n) is 13.3. The molecule has 124 valence electrons. The second-order valence-electron chi connectivity index (χ2n) is 5.49. The molecule has 0 aliphatic carbocycles. The highest BCUT2D eigenvalue weighted by atomic mass is 32.2. The van der Waals surface area contributed by atoms with Gasteiger partial charge >= 0.3 is 0 Å². The van der Waals surface area contributed by atoms with E-state index in [4.69, 9.17) is 9.47 Å². The molecule has 6 nitrogen and oxygen atoms in total. The van der Waals surface area contributed by atoms with E-state index >= 15 is 0 Å². The van der Waals surface area contributed by atoms with Crippen molar-refractivity contribution in [2.24, 2.45) is 0 Å². The van der Waals surface area contributed by atoms with E-state index < -0.39 is 10.0 Å². The number of benzene rings is 1. The minimum Gasteiger partial charge on any atom is -0.493 e. The molecule has 0 bridgehead atoms. The monoisotopic (exact) mass is 328 g/mol. The predicted octanol–water partition coefficient (Wildman–Crippen LogP) is 1.39. The molecule has 0 spiro atoms. The lowest BCUT2D eigenvalue weighted by molar-refractivity contribution is 0.245. The fourth-order valence-electron chi connectivity index (χ4n) is 2.80. The Hall–Kier alpha value is -1.31. The molecule has 1 saturated heterocycles. The summed E-state index contributed by atoms with van der Waals surface area (Å²) < 4.78 is 36.1. The standard InChI is InChI=1S/C15H24N2O4S/c1-20-14-7-6-12(10-15(14)21-2)13(11-16-22(3,18)19)17-8-4-5-9-17/h6-7,10,13,16H,4-5,8-9,11H2,1-3H3. The normalized spacial score (nSPS) is 17.4. The Balaban J connectivity index is 2.27. The number of likely N-dealkylation sites (tertiary alicyclic amines) is 1. The van der Waals surface area contributed by atoms with Crippen molar-refractivity contribution in [1.82, 2.24) is 9.62 Å². The topological polar surface area (TPSA) is 67.9 Å². The van der Waals surface area contributed by atoms with Gasteiger partial charge in [0, 0.05) is 12.6 Å². The molecular formula is C15H24N2O4S. The van der Waals surface area contributed by atoms with Crippen LogP contribution in [0.5, 0.6) is 11.5 Å². The van der Waals surface area contributed by atoms with Gasteiger partial charge in [-0.3, -0.25) is 4.90 Å². The Morgan fingerprint density at radius 1 is 1.18 bits per heavy atom. The largest absolute Gasteiger partial charge is 0.493 e. The van der Waals surface area contributed by atoms with Crippen molar-refractivity contribution < 1.29 is 17.9 Å². The van der Waals surface area contributed by atoms with Crippen molar-refractivity contribution in [3.63, 3.8) is 0 Å². The maximum Gasteiger partial charge on any atom is 0.208 e. The average molecular weight is 328 g/mol. The Labute approximate surface area is 132 Å². The molecular weight excluding hydrogens is 304 g/mol. The molecule has 1 aliphatic heterocycles. The van der Waals surface area contributed by atoms with Gasteiger partial charge in [0.2, 0.25) is 10.0 Å². The molecule has 1 N–H and O–H groups in total. The van der Waals surface area contributed by atoms with Gasteiger partial charge in [0.15, 0.2) is 11.5 Å². The zero-order chi connectivity index (χ0) is 16.2. The van der Waals surface area contributed by atoms with Crippen molar-refractivity contribution in [2.45, 2.75) is 18.9 Å². The number of sulfonamides is 1. The smallest absolute Gasteiger partial charge is 0.208 e. The highest BCUT2D eigenvalue weighted by Crippen LogP contribution is 2.33. The lowest BCUT2D eigenvalue weighted by Crippen LogP contribution is -2.36. The summed E-state index contributed by atoms with van der Waals surface area (Å²) >= 11 is 0. The molecule has 0 saturated carbocycles. The summed E-state index contributed by atoms with van der Waals surface area (Å²) in [4.78, 5) is 2.30. The van der Waals surface area contributed by atoms with E-state index in [1.807, 2.05) is 18.2 Å². The summed E-state index contributed by atoms with van der Waals surface area (Å²) in [7, 11) is -0.0215. The molecule has 22 heavy (non-hydrogen) atoms. The van der Waals surface area contributed by atoms with Crippen LogP contribution in [0, 0.1) is 0 Å².